The first kappa shape index (κ1) is 15.0. The van der Waals surface area contributed by atoms with E-state index < -0.39 is 17.9 Å². The lowest BCUT2D eigenvalue weighted by atomic mass is 10.2. The van der Waals surface area contributed by atoms with E-state index in [1.807, 2.05) is 0 Å². The molecule has 0 radical (unpaired) electrons. The van der Waals surface area contributed by atoms with Crippen LogP contribution in [0.3, 0.4) is 0 Å². The first-order valence-electron chi connectivity index (χ1n) is 6.16. The van der Waals surface area contributed by atoms with Crippen molar-refractivity contribution in [3.05, 3.63) is 29.8 Å². The number of nitrogens with one attached hydrogen (secondary N) is 1. The van der Waals surface area contributed by atoms with Crippen LogP contribution in [0.1, 0.15) is 31.1 Å². The van der Waals surface area contributed by atoms with Crippen LogP contribution in [-0.2, 0) is 4.79 Å². The molecule has 5 nitrogen and oxygen atoms in total. The Morgan fingerprint density at radius 1 is 1.21 bits per heavy atom. The predicted molar refractivity (Wildman–Crippen MR) is 71.3 cm³/mol. The number of benzene rings is 1. The number of carboxylic acids is 1. The van der Waals surface area contributed by atoms with Crippen LogP contribution in [0.5, 0.6) is 5.75 Å². The van der Waals surface area contributed by atoms with Gasteiger partial charge in [0.2, 0.25) is 0 Å². The van der Waals surface area contributed by atoms with Gasteiger partial charge in [0.15, 0.2) is 0 Å². The number of hydrogen-bond donors (Lipinski definition) is 2. The second-order valence-corrected chi connectivity index (χ2v) is 4.76. The van der Waals surface area contributed by atoms with Crippen molar-refractivity contribution in [2.45, 2.75) is 26.8 Å². The summed E-state index contributed by atoms with van der Waals surface area (Å²) in [4.78, 5) is 22.4. The van der Waals surface area contributed by atoms with Gasteiger partial charge in [0.05, 0.1) is 6.61 Å². The smallest absolute Gasteiger partial charge is 0.325 e. The lowest BCUT2D eigenvalue weighted by Gasteiger charge is -2.11. The largest absolute Gasteiger partial charge is 0.493 e. The lowest BCUT2D eigenvalue weighted by molar-refractivity contribution is -0.138. The molecular formula is C14H19NO4. The maximum Gasteiger partial charge on any atom is 0.325 e. The minimum absolute atomic E-state index is 0.407. The number of hydrogen-bond acceptors (Lipinski definition) is 3. The molecule has 5 heteroatoms. The monoisotopic (exact) mass is 265 g/mol. The molecule has 1 aromatic carbocycles. The van der Waals surface area contributed by atoms with Crippen molar-refractivity contribution in [3.8, 4) is 5.75 Å². The van der Waals surface area contributed by atoms with Crippen molar-refractivity contribution in [3.63, 3.8) is 0 Å². The predicted octanol–water partition coefficient (Wildman–Crippen LogP) is 1.92. The summed E-state index contributed by atoms with van der Waals surface area (Å²) in [5.41, 5.74) is 0.407. The third-order valence-electron chi connectivity index (χ3n) is 2.42. The Balaban J connectivity index is 2.60. The number of ether oxygens (including phenoxy) is 1. The van der Waals surface area contributed by atoms with Gasteiger partial charge in [-0.25, -0.2) is 0 Å². The molecule has 0 heterocycles. The SMILES string of the molecule is CC(C)COc1ccc(C(=O)NC(C)C(=O)O)cc1. The molecule has 1 unspecified atom stereocenters. The highest BCUT2D eigenvalue weighted by atomic mass is 16.5. The number of amides is 1. The van der Waals surface area contributed by atoms with Crippen LogP contribution < -0.4 is 10.1 Å². The van der Waals surface area contributed by atoms with Gasteiger partial charge in [-0.2, -0.15) is 0 Å². The fourth-order valence-corrected chi connectivity index (χ4v) is 1.31. The highest BCUT2D eigenvalue weighted by Gasteiger charge is 2.15. The van der Waals surface area contributed by atoms with E-state index in [9.17, 15) is 9.59 Å². The second-order valence-electron chi connectivity index (χ2n) is 4.76. The summed E-state index contributed by atoms with van der Waals surface area (Å²) >= 11 is 0. The third kappa shape index (κ3) is 4.99. The van der Waals surface area contributed by atoms with E-state index in [0.717, 1.165) is 0 Å². The normalized spacial score (nSPS) is 12.0. The topological polar surface area (TPSA) is 75.6 Å². The summed E-state index contributed by atoms with van der Waals surface area (Å²) in [5.74, 6) is -0.355. The Bertz CT molecular complexity index is 439. The minimum atomic E-state index is -1.06. The van der Waals surface area contributed by atoms with Crippen LogP contribution in [0.4, 0.5) is 0 Å². The Kier molecular flexibility index (Phi) is 5.36. The Hall–Kier alpha value is -2.04. The molecule has 19 heavy (non-hydrogen) atoms. The van der Waals surface area contributed by atoms with Crippen molar-refractivity contribution in [2.24, 2.45) is 5.92 Å². The third-order valence-corrected chi connectivity index (χ3v) is 2.42. The quantitative estimate of drug-likeness (QED) is 0.824. The molecule has 0 spiro atoms. The summed E-state index contributed by atoms with van der Waals surface area (Å²) in [6, 6.07) is 5.70. The lowest BCUT2D eigenvalue weighted by Crippen LogP contribution is -2.38. The van der Waals surface area contributed by atoms with Crippen molar-refractivity contribution < 1.29 is 19.4 Å². The van der Waals surface area contributed by atoms with Gasteiger partial charge >= 0.3 is 5.97 Å². The zero-order valence-electron chi connectivity index (χ0n) is 11.3. The molecular weight excluding hydrogens is 246 g/mol. The molecule has 2 N–H and O–H groups in total. The van der Waals surface area contributed by atoms with Crippen molar-refractivity contribution in [2.75, 3.05) is 6.61 Å². The fourth-order valence-electron chi connectivity index (χ4n) is 1.31. The van der Waals surface area contributed by atoms with Crippen molar-refractivity contribution >= 4 is 11.9 Å². The van der Waals surface area contributed by atoms with Crippen LogP contribution in [0, 0.1) is 5.92 Å². The first-order chi connectivity index (χ1) is 8.90. The Morgan fingerprint density at radius 2 is 1.79 bits per heavy atom. The van der Waals surface area contributed by atoms with E-state index in [1.165, 1.54) is 6.92 Å². The van der Waals surface area contributed by atoms with Crippen LogP contribution >= 0.6 is 0 Å². The van der Waals surface area contributed by atoms with E-state index in [-0.39, 0.29) is 0 Å². The molecule has 0 aliphatic heterocycles. The molecule has 1 aromatic rings. The first-order valence-corrected chi connectivity index (χ1v) is 6.16. The van der Waals surface area contributed by atoms with E-state index in [0.29, 0.717) is 23.8 Å². The maximum absolute atomic E-state index is 11.7. The molecule has 1 rings (SSSR count). The highest BCUT2D eigenvalue weighted by Crippen LogP contribution is 2.13. The molecule has 1 amide bonds. The number of carbonyl (C=O) groups excluding carboxylic acids is 1. The summed E-state index contributed by atoms with van der Waals surface area (Å²) in [6.07, 6.45) is 0. The Labute approximate surface area is 112 Å². The van der Waals surface area contributed by atoms with Gasteiger partial charge in [0, 0.05) is 5.56 Å². The molecule has 104 valence electrons. The fraction of sp³-hybridized carbons (Fsp3) is 0.429. The standard InChI is InChI=1S/C14H19NO4/c1-9(2)8-19-12-6-4-11(5-7-12)13(16)15-10(3)14(17)18/h4-7,9-10H,8H2,1-3H3,(H,15,16)(H,17,18). The number of aliphatic carboxylic acids is 1. The maximum atomic E-state index is 11.7. The molecule has 0 aliphatic rings. The van der Waals surface area contributed by atoms with Crippen molar-refractivity contribution in [1.82, 2.24) is 5.32 Å². The number of rotatable bonds is 6. The molecule has 0 saturated carbocycles. The van der Waals surface area contributed by atoms with Gasteiger partial charge < -0.3 is 15.2 Å². The van der Waals surface area contributed by atoms with Gasteiger partial charge in [-0.15, -0.1) is 0 Å². The summed E-state index contributed by atoms with van der Waals surface area (Å²) in [7, 11) is 0. The van der Waals surface area contributed by atoms with Gasteiger partial charge in [-0.1, -0.05) is 13.8 Å². The zero-order valence-corrected chi connectivity index (χ0v) is 11.3. The molecule has 0 bridgehead atoms. The number of carbonyl (C=O) groups is 2. The van der Waals surface area contributed by atoms with Gasteiger partial charge in [-0.05, 0) is 37.1 Å². The summed E-state index contributed by atoms with van der Waals surface area (Å²) in [5, 5.41) is 11.1. The van der Waals surface area contributed by atoms with Crippen molar-refractivity contribution in [1.29, 1.82) is 0 Å². The molecule has 0 aliphatic carbocycles. The molecule has 0 saturated heterocycles. The minimum Gasteiger partial charge on any atom is -0.493 e. The average molecular weight is 265 g/mol. The second kappa shape index (κ2) is 6.78. The van der Waals surface area contributed by atoms with Gasteiger partial charge in [-0.3, -0.25) is 9.59 Å². The van der Waals surface area contributed by atoms with Gasteiger partial charge in [0.1, 0.15) is 11.8 Å². The zero-order chi connectivity index (χ0) is 14.4. The van der Waals surface area contributed by atoms with Gasteiger partial charge in [0.25, 0.3) is 5.91 Å². The summed E-state index contributed by atoms with van der Waals surface area (Å²) < 4.78 is 5.50. The highest BCUT2D eigenvalue weighted by molar-refractivity contribution is 5.96. The van der Waals surface area contributed by atoms with E-state index in [2.05, 4.69) is 19.2 Å². The molecule has 1 atom stereocenters. The molecule has 0 aromatic heterocycles. The van der Waals surface area contributed by atoms with E-state index in [1.54, 1.807) is 24.3 Å². The summed E-state index contributed by atoms with van der Waals surface area (Å²) in [6.45, 7) is 6.13. The van der Waals surface area contributed by atoms with Crippen LogP contribution in [-0.4, -0.2) is 29.6 Å². The van der Waals surface area contributed by atoms with Crippen LogP contribution in [0.25, 0.3) is 0 Å². The Morgan fingerprint density at radius 3 is 2.26 bits per heavy atom. The number of carboxylic acid groups (broad SMARTS) is 1. The molecule has 0 fully saturated rings. The van der Waals surface area contributed by atoms with E-state index in [4.69, 9.17) is 9.84 Å². The average Bonchev–Trinajstić information content (AvgIpc) is 2.36. The van der Waals surface area contributed by atoms with Crippen LogP contribution in [0.15, 0.2) is 24.3 Å². The van der Waals surface area contributed by atoms with E-state index >= 15 is 0 Å². The van der Waals surface area contributed by atoms with Crippen LogP contribution in [0.2, 0.25) is 0 Å².